The zero-order chi connectivity index (χ0) is 14.6. The van der Waals surface area contributed by atoms with E-state index in [0.29, 0.717) is 17.0 Å². The lowest BCUT2D eigenvalue weighted by Crippen LogP contribution is -2.35. The van der Waals surface area contributed by atoms with Crippen molar-refractivity contribution >= 4 is 15.7 Å². The predicted octanol–water partition coefficient (Wildman–Crippen LogP) is 2.83. The maximum Gasteiger partial charge on any atom is 0.241 e. The molecule has 0 heterocycles. The summed E-state index contributed by atoms with van der Waals surface area (Å²) in [5.74, 6) is 0. The number of nitrogens with two attached hydrogens (primary N) is 1. The van der Waals surface area contributed by atoms with Gasteiger partial charge in [0, 0.05) is 11.7 Å². The van der Waals surface area contributed by atoms with Crippen LogP contribution in [0, 0.1) is 0 Å². The van der Waals surface area contributed by atoms with Gasteiger partial charge in [0.1, 0.15) is 0 Å². The Morgan fingerprint density at radius 3 is 2.45 bits per heavy atom. The summed E-state index contributed by atoms with van der Waals surface area (Å²) in [4.78, 5) is 0.337. The normalized spacial score (nSPS) is 17.9. The van der Waals surface area contributed by atoms with Crippen LogP contribution < -0.4 is 10.5 Å². The lowest BCUT2D eigenvalue weighted by atomic mass is 10.1. The molecule has 0 atom stereocenters. The topological polar surface area (TPSA) is 72.2 Å². The van der Waals surface area contributed by atoms with Gasteiger partial charge in [-0.05, 0) is 37.0 Å². The van der Waals surface area contributed by atoms with Crippen LogP contribution in [-0.2, 0) is 16.4 Å². The van der Waals surface area contributed by atoms with Crippen molar-refractivity contribution in [2.24, 2.45) is 0 Å². The molecule has 4 nitrogen and oxygen atoms in total. The molecule has 20 heavy (non-hydrogen) atoms. The Morgan fingerprint density at radius 2 is 1.85 bits per heavy atom. The molecule has 0 amide bonds. The average molecular weight is 296 g/mol. The van der Waals surface area contributed by atoms with Crippen LogP contribution in [0.25, 0.3) is 0 Å². The number of sulfonamides is 1. The first-order valence-electron chi connectivity index (χ1n) is 7.43. The van der Waals surface area contributed by atoms with Crippen LogP contribution >= 0.6 is 0 Å². The number of nitrogen functional groups attached to an aromatic ring is 1. The zero-order valence-corrected chi connectivity index (χ0v) is 12.9. The SMILES string of the molecule is CCc1ccc(N)cc1S(=O)(=O)NC1CCCCCC1. The van der Waals surface area contributed by atoms with Crippen LogP contribution in [-0.4, -0.2) is 14.5 Å². The van der Waals surface area contributed by atoms with Crippen molar-refractivity contribution in [1.29, 1.82) is 0 Å². The van der Waals surface area contributed by atoms with Crippen LogP contribution in [0.2, 0.25) is 0 Å². The fraction of sp³-hybridized carbons (Fsp3) is 0.600. The standard InChI is InChI=1S/C15H24N2O2S/c1-2-12-9-10-13(16)11-15(12)20(18,19)17-14-7-5-3-4-6-8-14/h9-11,14,17H,2-8,16H2,1H3. The summed E-state index contributed by atoms with van der Waals surface area (Å²) < 4.78 is 28.0. The van der Waals surface area contributed by atoms with E-state index < -0.39 is 10.0 Å². The molecule has 112 valence electrons. The van der Waals surface area contributed by atoms with Crippen molar-refractivity contribution in [2.75, 3.05) is 5.73 Å². The van der Waals surface area contributed by atoms with Crippen molar-refractivity contribution in [3.05, 3.63) is 23.8 Å². The second-order valence-electron chi connectivity index (χ2n) is 5.53. The average Bonchev–Trinajstić information content (AvgIpc) is 2.67. The van der Waals surface area contributed by atoms with Gasteiger partial charge in [-0.3, -0.25) is 0 Å². The third-order valence-electron chi connectivity index (χ3n) is 3.94. The van der Waals surface area contributed by atoms with Gasteiger partial charge in [-0.25, -0.2) is 13.1 Å². The number of benzene rings is 1. The lowest BCUT2D eigenvalue weighted by molar-refractivity contribution is 0.509. The summed E-state index contributed by atoms with van der Waals surface area (Å²) in [6.07, 6.45) is 7.16. The van der Waals surface area contributed by atoms with Crippen molar-refractivity contribution in [1.82, 2.24) is 4.72 Å². The predicted molar refractivity (Wildman–Crippen MR) is 82.0 cm³/mol. The Morgan fingerprint density at radius 1 is 1.20 bits per heavy atom. The summed E-state index contributed by atoms with van der Waals surface area (Å²) in [7, 11) is -3.47. The van der Waals surface area contributed by atoms with Gasteiger partial charge in [0.05, 0.1) is 4.90 Å². The van der Waals surface area contributed by atoms with Gasteiger partial charge in [0.15, 0.2) is 0 Å². The second-order valence-corrected chi connectivity index (χ2v) is 7.21. The molecule has 1 aromatic rings. The highest BCUT2D eigenvalue weighted by atomic mass is 32.2. The summed E-state index contributed by atoms with van der Waals surface area (Å²) in [6, 6.07) is 5.19. The molecule has 5 heteroatoms. The van der Waals surface area contributed by atoms with Gasteiger partial charge in [-0.1, -0.05) is 38.7 Å². The van der Waals surface area contributed by atoms with Crippen LogP contribution in [0.5, 0.6) is 0 Å². The molecule has 1 aliphatic rings. The van der Waals surface area contributed by atoms with E-state index in [-0.39, 0.29) is 6.04 Å². The highest BCUT2D eigenvalue weighted by Gasteiger charge is 2.23. The summed E-state index contributed by atoms with van der Waals surface area (Å²) >= 11 is 0. The molecule has 0 saturated heterocycles. The molecule has 1 saturated carbocycles. The van der Waals surface area contributed by atoms with Crippen LogP contribution in [0.4, 0.5) is 5.69 Å². The maximum atomic E-state index is 12.6. The van der Waals surface area contributed by atoms with Crippen molar-refractivity contribution in [3.63, 3.8) is 0 Å². The highest BCUT2D eigenvalue weighted by Crippen LogP contribution is 2.23. The van der Waals surface area contributed by atoms with Crippen molar-refractivity contribution in [3.8, 4) is 0 Å². The minimum Gasteiger partial charge on any atom is -0.399 e. The molecule has 0 spiro atoms. The first kappa shape index (κ1) is 15.3. The van der Waals surface area contributed by atoms with Gasteiger partial charge >= 0.3 is 0 Å². The minimum absolute atomic E-state index is 0.0636. The second kappa shape index (κ2) is 6.59. The Hall–Kier alpha value is -1.07. The number of anilines is 1. The van der Waals surface area contributed by atoms with E-state index >= 15 is 0 Å². The maximum absolute atomic E-state index is 12.6. The molecule has 0 bridgehead atoms. The first-order chi connectivity index (χ1) is 9.53. The van der Waals surface area contributed by atoms with Gasteiger partial charge < -0.3 is 5.73 Å². The first-order valence-corrected chi connectivity index (χ1v) is 8.92. The number of rotatable bonds is 4. The summed E-state index contributed by atoms with van der Waals surface area (Å²) in [5, 5.41) is 0. The van der Waals surface area contributed by atoms with E-state index in [0.717, 1.165) is 31.2 Å². The van der Waals surface area contributed by atoms with E-state index in [1.54, 1.807) is 18.2 Å². The fourth-order valence-electron chi connectivity index (χ4n) is 2.79. The Kier molecular flexibility index (Phi) is 5.05. The molecule has 3 N–H and O–H groups in total. The Bertz CT molecular complexity index is 547. The Labute approximate surface area is 121 Å². The van der Waals surface area contributed by atoms with E-state index in [1.165, 1.54) is 12.8 Å². The highest BCUT2D eigenvalue weighted by molar-refractivity contribution is 7.89. The minimum atomic E-state index is -3.47. The molecule has 1 aliphatic carbocycles. The number of nitrogens with one attached hydrogen (secondary N) is 1. The molecule has 0 unspecified atom stereocenters. The molecule has 1 aromatic carbocycles. The van der Waals surface area contributed by atoms with Crippen molar-refractivity contribution in [2.45, 2.75) is 62.8 Å². The quantitative estimate of drug-likeness (QED) is 0.663. The number of hydrogen-bond donors (Lipinski definition) is 2. The molecular weight excluding hydrogens is 272 g/mol. The van der Waals surface area contributed by atoms with E-state index in [1.807, 2.05) is 6.92 Å². The van der Waals surface area contributed by atoms with Gasteiger partial charge in [-0.2, -0.15) is 0 Å². The van der Waals surface area contributed by atoms with E-state index in [4.69, 9.17) is 5.73 Å². The third-order valence-corrected chi connectivity index (χ3v) is 5.54. The number of hydrogen-bond acceptors (Lipinski definition) is 3. The number of aryl methyl sites for hydroxylation is 1. The largest absolute Gasteiger partial charge is 0.399 e. The lowest BCUT2D eigenvalue weighted by Gasteiger charge is -2.18. The fourth-order valence-corrected chi connectivity index (χ4v) is 4.44. The molecule has 0 aromatic heterocycles. The van der Waals surface area contributed by atoms with Crippen LogP contribution in [0.1, 0.15) is 51.0 Å². The van der Waals surface area contributed by atoms with Gasteiger partial charge in [0.25, 0.3) is 0 Å². The van der Waals surface area contributed by atoms with Crippen molar-refractivity contribution < 1.29 is 8.42 Å². The zero-order valence-electron chi connectivity index (χ0n) is 12.1. The van der Waals surface area contributed by atoms with Crippen LogP contribution in [0.3, 0.4) is 0 Å². The Balaban J connectivity index is 2.23. The smallest absolute Gasteiger partial charge is 0.241 e. The van der Waals surface area contributed by atoms with E-state index in [2.05, 4.69) is 4.72 Å². The molecule has 0 aliphatic heterocycles. The third kappa shape index (κ3) is 3.73. The van der Waals surface area contributed by atoms with Gasteiger partial charge in [-0.15, -0.1) is 0 Å². The molecule has 0 radical (unpaired) electrons. The molecular formula is C15H24N2O2S. The van der Waals surface area contributed by atoms with Crippen LogP contribution in [0.15, 0.2) is 23.1 Å². The summed E-state index contributed by atoms with van der Waals surface area (Å²) in [6.45, 7) is 1.95. The monoisotopic (exact) mass is 296 g/mol. The van der Waals surface area contributed by atoms with Gasteiger partial charge in [0.2, 0.25) is 10.0 Å². The van der Waals surface area contributed by atoms with E-state index in [9.17, 15) is 8.42 Å². The summed E-state index contributed by atoms with van der Waals surface area (Å²) in [5.41, 5.74) is 7.05. The molecule has 2 rings (SSSR count). The molecule has 1 fully saturated rings.